The molecule has 1 fully saturated rings. The molecule has 0 radical (unpaired) electrons. The van der Waals surface area contributed by atoms with Crippen molar-refractivity contribution in [2.75, 3.05) is 6.54 Å². The highest BCUT2D eigenvalue weighted by molar-refractivity contribution is 5.46. The summed E-state index contributed by atoms with van der Waals surface area (Å²) in [4.78, 5) is 0. The van der Waals surface area contributed by atoms with Gasteiger partial charge in [0.05, 0.1) is 0 Å². The van der Waals surface area contributed by atoms with Gasteiger partial charge in [0.1, 0.15) is 0 Å². The monoisotopic (exact) mass is 245 g/mol. The predicted molar refractivity (Wildman–Crippen MR) is 79.1 cm³/mol. The van der Waals surface area contributed by atoms with Crippen molar-refractivity contribution in [1.29, 1.82) is 0 Å². The van der Waals surface area contributed by atoms with Crippen molar-refractivity contribution in [1.82, 2.24) is 0 Å². The summed E-state index contributed by atoms with van der Waals surface area (Å²) in [6.07, 6.45) is 5.52. The molecule has 1 aromatic rings. The lowest BCUT2D eigenvalue weighted by Gasteiger charge is -2.27. The average molecular weight is 245 g/mol. The van der Waals surface area contributed by atoms with Gasteiger partial charge in [-0.25, -0.2) is 0 Å². The maximum Gasteiger partial charge on any atom is -0.000510 e. The fourth-order valence-electron chi connectivity index (χ4n) is 3.71. The molecule has 18 heavy (non-hydrogen) atoms. The Balaban J connectivity index is 2.47. The van der Waals surface area contributed by atoms with Gasteiger partial charge in [-0.2, -0.15) is 0 Å². The van der Waals surface area contributed by atoms with Gasteiger partial charge in [-0.1, -0.05) is 18.9 Å². The van der Waals surface area contributed by atoms with Gasteiger partial charge in [0.2, 0.25) is 0 Å². The molecule has 0 bridgehead atoms. The van der Waals surface area contributed by atoms with Crippen LogP contribution in [0, 0.1) is 33.6 Å². The number of hydrogen-bond acceptors (Lipinski definition) is 1. The summed E-state index contributed by atoms with van der Waals surface area (Å²) in [6.45, 7) is 9.81. The molecule has 1 atom stereocenters. The molecule has 0 aliphatic heterocycles. The summed E-state index contributed by atoms with van der Waals surface area (Å²) in [7, 11) is 0. The normalized spacial score (nSPS) is 18.3. The molecule has 0 aromatic heterocycles. The lowest BCUT2D eigenvalue weighted by atomic mass is 9.78. The van der Waals surface area contributed by atoms with E-state index in [4.69, 9.17) is 5.73 Å². The summed E-state index contributed by atoms with van der Waals surface area (Å²) in [6, 6.07) is 2.32. The van der Waals surface area contributed by atoms with Gasteiger partial charge in [0.15, 0.2) is 0 Å². The van der Waals surface area contributed by atoms with Crippen LogP contribution in [0.5, 0.6) is 0 Å². The molecule has 1 nitrogen and oxygen atoms in total. The fourth-order valence-corrected chi connectivity index (χ4v) is 3.71. The molecule has 0 heterocycles. The number of aryl methyl sites for hydroxylation is 2. The van der Waals surface area contributed by atoms with E-state index in [1.54, 1.807) is 5.56 Å². The van der Waals surface area contributed by atoms with Crippen LogP contribution in [0.4, 0.5) is 0 Å². The van der Waals surface area contributed by atoms with E-state index in [1.807, 2.05) is 0 Å². The molecule has 2 N–H and O–H groups in total. The quantitative estimate of drug-likeness (QED) is 0.850. The van der Waals surface area contributed by atoms with Crippen molar-refractivity contribution in [3.8, 4) is 0 Å². The fraction of sp³-hybridized carbons (Fsp3) is 0.647. The highest BCUT2D eigenvalue weighted by Crippen LogP contribution is 2.40. The van der Waals surface area contributed by atoms with E-state index >= 15 is 0 Å². The SMILES string of the molecule is Cc1cc(C)c(C)c(C(CN)C2CCCC2)c1C. The van der Waals surface area contributed by atoms with E-state index in [0.717, 1.165) is 12.5 Å². The van der Waals surface area contributed by atoms with Crippen LogP contribution in [0.1, 0.15) is 59.4 Å². The average Bonchev–Trinajstić information content (AvgIpc) is 2.85. The van der Waals surface area contributed by atoms with Crippen LogP contribution in [0.3, 0.4) is 0 Å². The van der Waals surface area contributed by atoms with Gasteiger partial charge in [0, 0.05) is 0 Å². The molecule has 0 amide bonds. The Hall–Kier alpha value is -0.820. The maximum atomic E-state index is 6.12. The summed E-state index contributed by atoms with van der Waals surface area (Å²) in [5.41, 5.74) is 13.5. The summed E-state index contributed by atoms with van der Waals surface area (Å²) < 4.78 is 0. The number of benzene rings is 1. The zero-order chi connectivity index (χ0) is 13.3. The smallest absolute Gasteiger partial charge is 0.000510 e. The molecule has 100 valence electrons. The first-order chi connectivity index (χ1) is 8.56. The van der Waals surface area contributed by atoms with Gasteiger partial charge in [0.25, 0.3) is 0 Å². The highest BCUT2D eigenvalue weighted by Gasteiger charge is 2.28. The third kappa shape index (κ3) is 2.33. The molecule has 1 saturated carbocycles. The van der Waals surface area contributed by atoms with E-state index in [9.17, 15) is 0 Å². The third-order valence-electron chi connectivity index (χ3n) is 5.02. The molecule has 0 saturated heterocycles. The van der Waals surface area contributed by atoms with Crippen LogP contribution in [0.25, 0.3) is 0 Å². The second-order valence-electron chi connectivity index (χ2n) is 6.06. The minimum absolute atomic E-state index is 0.575. The van der Waals surface area contributed by atoms with Crippen LogP contribution >= 0.6 is 0 Å². The minimum atomic E-state index is 0.575. The minimum Gasteiger partial charge on any atom is -0.330 e. The topological polar surface area (TPSA) is 26.0 Å². The number of rotatable bonds is 3. The van der Waals surface area contributed by atoms with E-state index in [2.05, 4.69) is 33.8 Å². The van der Waals surface area contributed by atoms with E-state index in [0.29, 0.717) is 5.92 Å². The van der Waals surface area contributed by atoms with E-state index in [1.165, 1.54) is 47.9 Å². The molecule has 2 rings (SSSR count). The molecule has 0 spiro atoms. The number of hydrogen-bond donors (Lipinski definition) is 1. The van der Waals surface area contributed by atoms with Gasteiger partial charge < -0.3 is 5.73 Å². The summed E-state index contributed by atoms with van der Waals surface area (Å²) in [5, 5.41) is 0. The molecular formula is C17H27N. The van der Waals surface area contributed by atoms with Gasteiger partial charge in [-0.15, -0.1) is 0 Å². The zero-order valence-corrected chi connectivity index (χ0v) is 12.3. The Morgan fingerprint density at radius 1 is 1.06 bits per heavy atom. The lowest BCUT2D eigenvalue weighted by molar-refractivity contribution is 0.437. The van der Waals surface area contributed by atoms with Crippen molar-refractivity contribution in [3.63, 3.8) is 0 Å². The Bertz CT molecular complexity index is 401. The van der Waals surface area contributed by atoms with Gasteiger partial charge in [-0.3, -0.25) is 0 Å². The van der Waals surface area contributed by atoms with Crippen LogP contribution in [-0.4, -0.2) is 6.54 Å². The van der Waals surface area contributed by atoms with Crippen molar-refractivity contribution in [3.05, 3.63) is 33.9 Å². The Morgan fingerprint density at radius 3 is 2.00 bits per heavy atom. The second-order valence-corrected chi connectivity index (χ2v) is 6.06. The van der Waals surface area contributed by atoms with E-state index in [-0.39, 0.29) is 0 Å². The largest absolute Gasteiger partial charge is 0.330 e. The summed E-state index contributed by atoms with van der Waals surface area (Å²) in [5.74, 6) is 1.39. The standard InChI is InChI=1S/C17H27N/c1-11-9-12(2)14(4)17(13(11)3)16(10-18)15-7-5-6-8-15/h9,15-16H,5-8,10,18H2,1-4H3. The number of nitrogens with two attached hydrogens (primary N) is 1. The first-order valence-electron chi connectivity index (χ1n) is 7.33. The molecule has 1 heteroatoms. The van der Waals surface area contributed by atoms with Gasteiger partial charge in [-0.05, 0) is 86.7 Å². The Labute approximate surface area is 112 Å². The van der Waals surface area contributed by atoms with Crippen LogP contribution in [0.2, 0.25) is 0 Å². The highest BCUT2D eigenvalue weighted by atomic mass is 14.6. The maximum absolute atomic E-state index is 6.12. The van der Waals surface area contributed by atoms with E-state index < -0.39 is 0 Å². The lowest BCUT2D eigenvalue weighted by Crippen LogP contribution is -2.22. The van der Waals surface area contributed by atoms with Crippen LogP contribution in [0.15, 0.2) is 6.07 Å². The van der Waals surface area contributed by atoms with Crippen molar-refractivity contribution >= 4 is 0 Å². The Kier molecular flexibility index (Phi) is 4.11. The third-order valence-corrected chi connectivity index (χ3v) is 5.02. The van der Waals surface area contributed by atoms with Crippen molar-refractivity contribution in [2.45, 2.75) is 59.3 Å². The molecule has 1 unspecified atom stereocenters. The molecule has 1 aliphatic rings. The van der Waals surface area contributed by atoms with Crippen LogP contribution in [-0.2, 0) is 0 Å². The van der Waals surface area contributed by atoms with Crippen LogP contribution < -0.4 is 5.73 Å². The molecule has 1 aliphatic carbocycles. The summed E-state index contributed by atoms with van der Waals surface area (Å²) >= 11 is 0. The Morgan fingerprint density at radius 2 is 1.56 bits per heavy atom. The first kappa shape index (κ1) is 13.6. The van der Waals surface area contributed by atoms with Gasteiger partial charge >= 0.3 is 0 Å². The van der Waals surface area contributed by atoms with Crippen molar-refractivity contribution < 1.29 is 0 Å². The first-order valence-corrected chi connectivity index (χ1v) is 7.33. The predicted octanol–water partition coefficient (Wildman–Crippen LogP) is 4.15. The van der Waals surface area contributed by atoms with Crippen molar-refractivity contribution in [2.24, 2.45) is 11.7 Å². The molecular weight excluding hydrogens is 218 g/mol. The zero-order valence-electron chi connectivity index (χ0n) is 12.3. The molecule has 1 aromatic carbocycles. The second kappa shape index (κ2) is 5.44.